The van der Waals surface area contributed by atoms with E-state index in [-0.39, 0.29) is 5.75 Å². The SMILES string of the molecule is CCNCCCCS(=O)(=O)NCc1ccc(OC)cc1. The standard InChI is InChI=1S/C14H24N2O3S/c1-3-15-10-4-5-11-20(17,18)16-12-13-6-8-14(19-2)9-7-13/h6-9,15-16H,3-5,10-12H2,1-2H3. The molecule has 6 heteroatoms. The molecule has 20 heavy (non-hydrogen) atoms. The molecule has 0 atom stereocenters. The summed E-state index contributed by atoms with van der Waals surface area (Å²) in [4.78, 5) is 0. The highest BCUT2D eigenvalue weighted by molar-refractivity contribution is 7.89. The van der Waals surface area contributed by atoms with Crippen molar-refractivity contribution in [3.8, 4) is 5.75 Å². The summed E-state index contributed by atoms with van der Waals surface area (Å²) in [6.07, 6.45) is 1.54. The molecule has 0 amide bonds. The van der Waals surface area contributed by atoms with Gasteiger partial charge in [0.2, 0.25) is 10.0 Å². The number of sulfonamides is 1. The number of nitrogens with one attached hydrogen (secondary N) is 2. The Morgan fingerprint density at radius 1 is 1.15 bits per heavy atom. The van der Waals surface area contributed by atoms with Crippen LogP contribution in [0.3, 0.4) is 0 Å². The van der Waals surface area contributed by atoms with Crippen LogP contribution in [0.15, 0.2) is 24.3 Å². The molecule has 1 aromatic carbocycles. The minimum absolute atomic E-state index is 0.175. The van der Waals surface area contributed by atoms with Crippen LogP contribution in [-0.4, -0.2) is 34.4 Å². The van der Waals surface area contributed by atoms with Gasteiger partial charge in [0.15, 0.2) is 0 Å². The molecule has 0 heterocycles. The first-order chi connectivity index (χ1) is 9.57. The normalized spacial score (nSPS) is 11.5. The first-order valence-electron chi connectivity index (χ1n) is 6.88. The molecule has 2 N–H and O–H groups in total. The monoisotopic (exact) mass is 300 g/mol. The maximum absolute atomic E-state index is 11.8. The Hall–Kier alpha value is -1.11. The smallest absolute Gasteiger partial charge is 0.211 e. The number of ether oxygens (including phenoxy) is 1. The van der Waals surface area contributed by atoms with E-state index in [0.717, 1.165) is 30.8 Å². The zero-order chi connectivity index (χ0) is 14.8. The van der Waals surface area contributed by atoms with Crippen molar-refractivity contribution in [3.63, 3.8) is 0 Å². The lowest BCUT2D eigenvalue weighted by Crippen LogP contribution is -2.26. The fourth-order valence-electron chi connectivity index (χ4n) is 1.73. The Morgan fingerprint density at radius 2 is 1.85 bits per heavy atom. The summed E-state index contributed by atoms with van der Waals surface area (Å²) in [5.74, 6) is 0.939. The number of methoxy groups -OCH3 is 1. The predicted octanol–water partition coefficient (Wildman–Crippen LogP) is 1.50. The minimum Gasteiger partial charge on any atom is -0.497 e. The maximum atomic E-state index is 11.8. The average Bonchev–Trinajstić information content (AvgIpc) is 2.45. The van der Waals surface area contributed by atoms with Crippen LogP contribution in [-0.2, 0) is 16.6 Å². The summed E-state index contributed by atoms with van der Waals surface area (Å²) in [6.45, 7) is 4.14. The molecule has 0 aliphatic heterocycles. The van der Waals surface area contributed by atoms with Crippen LogP contribution in [0.25, 0.3) is 0 Å². The fourth-order valence-corrected chi connectivity index (χ4v) is 2.84. The van der Waals surface area contributed by atoms with E-state index in [1.807, 2.05) is 31.2 Å². The van der Waals surface area contributed by atoms with Crippen molar-refractivity contribution < 1.29 is 13.2 Å². The summed E-state index contributed by atoms with van der Waals surface area (Å²) < 4.78 is 31.3. The van der Waals surface area contributed by atoms with E-state index < -0.39 is 10.0 Å². The second-order valence-electron chi connectivity index (χ2n) is 4.55. The molecule has 0 aromatic heterocycles. The first-order valence-corrected chi connectivity index (χ1v) is 8.53. The lowest BCUT2D eigenvalue weighted by atomic mass is 10.2. The first kappa shape index (κ1) is 16.9. The zero-order valence-corrected chi connectivity index (χ0v) is 13.0. The van der Waals surface area contributed by atoms with Gasteiger partial charge in [0.1, 0.15) is 5.75 Å². The number of unbranched alkanes of at least 4 members (excludes halogenated alkanes) is 1. The minimum atomic E-state index is -3.19. The van der Waals surface area contributed by atoms with Crippen LogP contribution < -0.4 is 14.8 Å². The van der Waals surface area contributed by atoms with Crippen LogP contribution in [0, 0.1) is 0 Å². The van der Waals surface area contributed by atoms with E-state index in [4.69, 9.17) is 4.74 Å². The van der Waals surface area contributed by atoms with E-state index in [1.54, 1.807) is 7.11 Å². The van der Waals surface area contributed by atoms with Crippen LogP contribution in [0.5, 0.6) is 5.75 Å². The molecule has 0 radical (unpaired) electrons. The van der Waals surface area contributed by atoms with Crippen molar-refractivity contribution in [2.45, 2.75) is 26.3 Å². The quantitative estimate of drug-likeness (QED) is 0.643. The summed E-state index contributed by atoms with van der Waals surface area (Å²) >= 11 is 0. The van der Waals surface area contributed by atoms with Gasteiger partial charge in [0, 0.05) is 6.54 Å². The molecule has 0 aliphatic carbocycles. The van der Waals surface area contributed by atoms with Crippen molar-refractivity contribution >= 4 is 10.0 Å². The largest absolute Gasteiger partial charge is 0.497 e. The molecule has 5 nitrogen and oxygen atoms in total. The molecule has 114 valence electrons. The molecule has 0 saturated carbocycles. The van der Waals surface area contributed by atoms with Crippen LogP contribution in [0.1, 0.15) is 25.3 Å². The number of hydrogen-bond acceptors (Lipinski definition) is 4. The summed E-state index contributed by atoms with van der Waals surface area (Å²) in [5.41, 5.74) is 0.919. The van der Waals surface area contributed by atoms with Crippen molar-refractivity contribution in [1.29, 1.82) is 0 Å². The van der Waals surface area contributed by atoms with Crippen molar-refractivity contribution in [1.82, 2.24) is 10.0 Å². The van der Waals surface area contributed by atoms with E-state index in [1.165, 1.54) is 0 Å². The lowest BCUT2D eigenvalue weighted by Gasteiger charge is -2.07. The fraction of sp³-hybridized carbons (Fsp3) is 0.571. The Morgan fingerprint density at radius 3 is 2.45 bits per heavy atom. The average molecular weight is 300 g/mol. The molecule has 0 saturated heterocycles. The van der Waals surface area contributed by atoms with Gasteiger partial charge in [-0.1, -0.05) is 19.1 Å². The molecule has 0 spiro atoms. The molecule has 0 bridgehead atoms. The van der Waals surface area contributed by atoms with Gasteiger partial charge >= 0.3 is 0 Å². The van der Waals surface area contributed by atoms with Crippen molar-refractivity contribution in [2.24, 2.45) is 0 Å². The second-order valence-corrected chi connectivity index (χ2v) is 6.48. The zero-order valence-electron chi connectivity index (χ0n) is 12.2. The van der Waals surface area contributed by atoms with Crippen LogP contribution in [0.2, 0.25) is 0 Å². The Labute approximate surface area is 121 Å². The number of benzene rings is 1. The molecular formula is C14H24N2O3S. The third kappa shape index (κ3) is 6.88. The van der Waals surface area contributed by atoms with E-state index in [2.05, 4.69) is 10.0 Å². The van der Waals surface area contributed by atoms with Gasteiger partial charge in [-0.3, -0.25) is 0 Å². The van der Waals surface area contributed by atoms with E-state index >= 15 is 0 Å². The van der Waals surface area contributed by atoms with E-state index in [0.29, 0.717) is 13.0 Å². The highest BCUT2D eigenvalue weighted by Gasteiger charge is 2.09. The van der Waals surface area contributed by atoms with E-state index in [9.17, 15) is 8.42 Å². The second kappa shape index (κ2) is 8.94. The third-order valence-electron chi connectivity index (χ3n) is 2.92. The van der Waals surface area contributed by atoms with Gasteiger partial charge in [-0.2, -0.15) is 0 Å². The summed E-state index contributed by atoms with van der Waals surface area (Å²) in [5, 5.41) is 3.18. The Kier molecular flexibility index (Phi) is 7.58. The van der Waals surface area contributed by atoms with Gasteiger partial charge in [-0.25, -0.2) is 13.1 Å². The Bertz CT molecular complexity index is 472. The summed E-state index contributed by atoms with van der Waals surface area (Å²) in [6, 6.07) is 7.35. The van der Waals surface area contributed by atoms with Gasteiger partial charge in [-0.05, 0) is 43.6 Å². The predicted molar refractivity (Wildman–Crippen MR) is 81.4 cm³/mol. The molecule has 1 rings (SSSR count). The topological polar surface area (TPSA) is 67.4 Å². The van der Waals surface area contributed by atoms with Gasteiger partial charge in [-0.15, -0.1) is 0 Å². The molecule has 0 unspecified atom stereocenters. The van der Waals surface area contributed by atoms with Crippen molar-refractivity contribution in [3.05, 3.63) is 29.8 Å². The van der Waals surface area contributed by atoms with Crippen molar-refractivity contribution in [2.75, 3.05) is 26.0 Å². The third-order valence-corrected chi connectivity index (χ3v) is 4.33. The molecule has 0 aliphatic rings. The maximum Gasteiger partial charge on any atom is 0.211 e. The highest BCUT2D eigenvalue weighted by Crippen LogP contribution is 2.11. The lowest BCUT2D eigenvalue weighted by molar-refractivity contribution is 0.414. The van der Waals surface area contributed by atoms with Crippen LogP contribution in [0.4, 0.5) is 0 Å². The highest BCUT2D eigenvalue weighted by atomic mass is 32.2. The number of hydrogen-bond donors (Lipinski definition) is 2. The molecular weight excluding hydrogens is 276 g/mol. The van der Waals surface area contributed by atoms with Gasteiger partial charge < -0.3 is 10.1 Å². The summed E-state index contributed by atoms with van der Waals surface area (Å²) in [7, 11) is -1.59. The molecule has 1 aromatic rings. The van der Waals surface area contributed by atoms with Gasteiger partial charge in [0.25, 0.3) is 0 Å². The Balaban J connectivity index is 2.31. The van der Waals surface area contributed by atoms with Crippen LogP contribution >= 0.6 is 0 Å². The number of rotatable bonds is 10. The van der Waals surface area contributed by atoms with Gasteiger partial charge in [0.05, 0.1) is 12.9 Å². The molecule has 0 fully saturated rings.